The lowest BCUT2D eigenvalue weighted by atomic mass is 10.1. The molecule has 17 heavy (non-hydrogen) atoms. The predicted molar refractivity (Wildman–Crippen MR) is 77.1 cm³/mol. The van der Waals surface area contributed by atoms with Gasteiger partial charge in [-0.1, -0.05) is 34.5 Å². The summed E-state index contributed by atoms with van der Waals surface area (Å²) < 4.78 is 2.03. The molecule has 0 N–H and O–H groups in total. The van der Waals surface area contributed by atoms with Crippen molar-refractivity contribution in [3.8, 4) is 0 Å². The standard InChI is InChI=1S/C12H21BrClN3/c1-4-10(13)5-6-12-11(14)9-15-17(12)8-7-16(2)3/h9-10H,4-8H2,1-3H3. The van der Waals surface area contributed by atoms with E-state index in [9.17, 15) is 0 Å². The van der Waals surface area contributed by atoms with Gasteiger partial charge in [0.05, 0.1) is 23.5 Å². The first kappa shape index (κ1) is 15.0. The van der Waals surface area contributed by atoms with E-state index in [4.69, 9.17) is 11.6 Å². The number of hydrogen-bond donors (Lipinski definition) is 0. The fourth-order valence-electron chi connectivity index (χ4n) is 1.62. The van der Waals surface area contributed by atoms with Crippen molar-refractivity contribution in [2.24, 2.45) is 0 Å². The molecule has 1 heterocycles. The second-order valence-corrected chi connectivity index (χ2v) is 6.21. The van der Waals surface area contributed by atoms with Gasteiger partial charge in [0.1, 0.15) is 0 Å². The largest absolute Gasteiger partial charge is 0.308 e. The maximum absolute atomic E-state index is 6.17. The van der Waals surface area contributed by atoms with Gasteiger partial charge >= 0.3 is 0 Å². The topological polar surface area (TPSA) is 21.1 Å². The van der Waals surface area contributed by atoms with Crippen LogP contribution in [-0.2, 0) is 13.0 Å². The first-order chi connectivity index (χ1) is 8.04. The van der Waals surface area contributed by atoms with E-state index in [1.165, 1.54) is 0 Å². The van der Waals surface area contributed by atoms with Crippen molar-refractivity contribution in [1.29, 1.82) is 0 Å². The summed E-state index contributed by atoms with van der Waals surface area (Å²) in [5.41, 5.74) is 1.16. The van der Waals surface area contributed by atoms with Gasteiger partial charge in [-0.2, -0.15) is 5.10 Å². The van der Waals surface area contributed by atoms with E-state index in [0.717, 1.165) is 43.1 Å². The lowest BCUT2D eigenvalue weighted by Crippen LogP contribution is -2.20. The molecule has 0 saturated heterocycles. The average Bonchev–Trinajstić information content (AvgIpc) is 2.64. The molecule has 1 atom stereocenters. The molecule has 0 amide bonds. The Hall–Kier alpha value is -0.0600. The minimum Gasteiger partial charge on any atom is -0.308 e. The van der Waals surface area contributed by atoms with Crippen molar-refractivity contribution in [2.75, 3.05) is 20.6 Å². The maximum Gasteiger partial charge on any atom is 0.0817 e. The van der Waals surface area contributed by atoms with Crippen LogP contribution in [0.4, 0.5) is 0 Å². The fourth-order valence-corrected chi connectivity index (χ4v) is 2.09. The summed E-state index contributed by atoms with van der Waals surface area (Å²) in [6.45, 7) is 4.06. The minimum absolute atomic E-state index is 0.566. The van der Waals surface area contributed by atoms with Crippen LogP contribution in [0.25, 0.3) is 0 Å². The zero-order valence-corrected chi connectivity index (χ0v) is 13.1. The normalized spacial score (nSPS) is 13.3. The summed E-state index contributed by atoms with van der Waals surface area (Å²) in [5.74, 6) is 0. The van der Waals surface area contributed by atoms with E-state index in [1.54, 1.807) is 6.20 Å². The van der Waals surface area contributed by atoms with Gasteiger partial charge in [0.25, 0.3) is 0 Å². The highest BCUT2D eigenvalue weighted by Crippen LogP contribution is 2.20. The van der Waals surface area contributed by atoms with Crippen LogP contribution in [-0.4, -0.2) is 40.1 Å². The number of aromatic nitrogens is 2. The van der Waals surface area contributed by atoms with Crippen molar-refractivity contribution in [3.63, 3.8) is 0 Å². The quantitative estimate of drug-likeness (QED) is 0.719. The third kappa shape index (κ3) is 4.98. The molecule has 5 heteroatoms. The molecular weight excluding hydrogens is 302 g/mol. The molecule has 0 aliphatic carbocycles. The summed E-state index contributed by atoms with van der Waals surface area (Å²) in [4.78, 5) is 2.72. The lowest BCUT2D eigenvalue weighted by Gasteiger charge is -2.13. The molecule has 1 aromatic heterocycles. The first-order valence-corrected chi connectivity index (χ1v) is 7.33. The zero-order valence-electron chi connectivity index (χ0n) is 10.8. The molecule has 0 fully saturated rings. The van der Waals surface area contributed by atoms with Crippen molar-refractivity contribution >= 4 is 27.5 Å². The number of likely N-dealkylation sites (N-methyl/N-ethyl adjacent to an activating group) is 1. The van der Waals surface area contributed by atoms with Gasteiger partial charge in [-0.3, -0.25) is 4.68 Å². The molecule has 0 spiro atoms. The van der Waals surface area contributed by atoms with Crippen LogP contribution in [0.5, 0.6) is 0 Å². The highest BCUT2D eigenvalue weighted by atomic mass is 79.9. The maximum atomic E-state index is 6.17. The van der Waals surface area contributed by atoms with Crippen LogP contribution in [0, 0.1) is 0 Å². The van der Waals surface area contributed by atoms with Gasteiger partial charge in [-0.25, -0.2) is 0 Å². The summed E-state index contributed by atoms with van der Waals surface area (Å²) >= 11 is 9.83. The minimum atomic E-state index is 0.566. The molecule has 98 valence electrons. The van der Waals surface area contributed by atoms with Gasteiger partial charge in [0, 0.05) is 11.4 Å². The van der Waals surface area contributed by atoms with Crippen LogP contribution in [0.15, 0.2) is 6.20 Å². The lowest BCUT2D eigenvalue weighted by molar-refractivity contribution is 0.369. The average molecular weight is 323 g/mol. The van der Waals surface area contributed by atoms with Crippen LogP contribution < -0.4 is 0 Å². The second kappa shape index (κ2) is 7.39. The van der Waals surface area contributed by atoms with E-state index in [-0.39, 0.29) is 0 Å². The van der Waals surface area contributed by atoms with Gasteiger partial charge in [-0.15, -0.1) is 0 Å². The second-order valence-electron chi connectivity index (χ2n) is 4.51. The molecule has 0 radical (unpaired) electrons. The van der Waals surface area contributed by atoms with E-state index < -0.39 is 0 Å². The predicted octanol–water partition coefficient (Wildman–Crippen LogP) is 3.20. The zero-order chi connectivity index (χ0) is 12.8. The van der Waals surface area contributed by atoms with Gasteiger partial charge in [0.2, 0.25) is 0 Å². The number of hydrogen-bond acceptors (Lipinski definition) is 2. The van der Waals surface area contributed by atoms with Crippen LogP contribution >= 0.6 is 27.5 Å². The summed E-state index contributed by atoms with van der Waals surface area (Å²) in [7, 11) is 4.13. The Morgan fingerprint density at radius 3 is 2.82 bits per heavy atom. The highest BCUT2D eigenvalue weighted by molar-refractivity contribution is 9.09. The van der Waals surface area contributed by atoms with Crippen LogP contribution in [0.2, 0.25) is 5.02 Å². The Morgan fingerprint density at radius 2 is 2.24 bits per heavy atom. The van der Waals surface area contributed by atoms with Crippen molar-refractivity contribution in [1.82, 2.24) is 14.7 Å². The first-order valence-electron chi connectivity index (χ1n) is 6.03. The monoisotopic (exact) mass is 321 g/mol. The smallest absolute Gasteiger partial charge is 0.0817 e. The number of halogens is 2. The van der Waals surface area contributed by atoms with E-state index in [1.807, 2.05) is 4.68 Å². The SMILES string of the molecule is CCC(Br)CCc1c(Cl)cnn1CCN(C)C. The number of rotatable bonds is 7. The van der Waals surface area contributed by atoms with Crippen molar-refractivity contribution in [3.05, 3.63) is 16.9 Å². The number of alkyl halides is 1. The van der Waals surface area contributed by atoms with Gasteiger partial charge < -0.3 is 4.90 Å². The van der Waals surface area contributed by atoms with Crippen LogP contribution in [0.3, 0.4) is 0 Å². The third-order valence-electron chi connectivity index (χ3n) is 2.79. The number of nitrogens with zero attached hydrogens (tertiary/aromatic N) is 3. The molecule has 3 nitrogen and oxygen atoms in total. The molecule has 0 aromatic carbocycles. The molecular formula is C12H21BrClN3. The highest BCUT2D eigenvalue weighted by Gasteiger charge is 2.11. The molecule has 1 unspecified atom stereocenters. The Kier molecular flexibility index (Phi) is 6.52. The molecule has 0 aliphatic rings. The van der Waals surface area contributed by atoms with Gasteiger partial charge in [-0.05, 0) is 33.4 Å². The Bertz CT molecular complexity index is 338. The molecule has 1 aromatic rings. The van der Waals surface area contributed by atoms with Crippen molar-refractivity contribution < 1.29 is 0 Å². The molecule has 0 bridgehead atoms. The molecule has 0 aliphatic heterocycles. The van der Waals surface area contributed by atoms with E-state index in [0.29, 0.717) is 4.83 Å². The summed E-state index contributed by atoms with van der Waals surface area (Å²) in [6, 6.07) is 0. The Morgan fingerprint density at radius 1 is 1.53 bits per heavy atom. The van der Waals surface area contributed by atoms with Crippen molar-refractivity contribution in [2.45, 2.75) is 37.6 Å². The Labute approximate surface area is 117 Å². The fraction of sp³-hybridized carbons (Fsp3) is 0.750. The van der Waals surface area contributed by atoms with Crippen LogP contribution in [0.1, 0.15) is 25.5 Å². The Balaban J connectivity index is 2.59. The summed E-state index contributed by atoms with van der Waals surface area (Å²) in [5, 5.41) is 5.13. The third-order valence-corrected chi connectivity index (χ3v) is 4.22. The molecule has 1 rings (SSSR count). The van der Waals surface area contributed by atoms with Gasteiger partial charge in [0.15, 0.2) is 0 Å². The van der Waals surface area contributed by atoms with E-state index >= 15 is 0 Å². The summed E-state index contributed by atoms with van der Waals surface area (Å²) in [6.07, 6.45) is 4.98. The van der Waals surface area contributed by atoms with E-state index in [2.05, 4.69) is 46.9 Å². The molecule has 0 saturated carbocycles.